The lowest BCUT2D eigenvalue weighted by atomic mass is 10.2. The van der Waals surface area contributed by atoms with Crippen molar-refractivity contribution in [1.29, 1.82) is 0 Å². The number of urea groups is 1. The van der Waals surface area contributed by atoms with Gasteiger partial charge in [-0.3, -0.25) is 4.79 Å². The molecule has 0 saturated heterocycles. The summed E-state index contributed by atoms with van der Waals surface area (Å²) in [6.45, 7) is 2.11. The number of carbonyl (C=O) groups is 2. The van der Waals surface area contributed by atoms with Crippen molar-refractivity contribution in [3.8, 4) is 5.69 Å². The number of hydrogen-bond acceptors (Lipinski definition) is 3. The van der Waals surface area contributed by atoms with Crippen molar-refractivity contribution >= 4 is 17.6 Å². The second-order valence-corrected chi connectivity index (χ2v) is 6.36. The lowest BCUT2D eigenvalue weighted by molar-refractivity contribution is -0.122. The highest BCUT2D eigenvalue weighted by molar-refractivity contribution is 5.93. The van der Waals surface area contributed by atoms with E-state index in [-0.39, 0.29) is 5.91 Å². The highest BCUT2D eigenvalue weighted by Crippen LogP contribution is 2.08. The third-order valence-electron chi connectivity index (χ3n) is 4.14. The van der Waals surface area contributed by atoms with Crippen LogP contribution in [0.3, 0.4) is 0 Å². The number of hydrogen-bond donors (Lipinski definition) is 3. The average molecular weight is 377 g/mol. The van der Waals surface area contributed by atoms with Gasteiger partial charge in [-0.2, -0.15) is 5.10 Å². The molecule has 0 spiro atoms. The SMILES string of the molecule is CC(NC(=O)Nc1ccccc1)C(=O)NCCc1cnn(-c2ccccc2)c1. The van der Waals surface area contributed by atoms with Crippen LogP contribution in [-0.4, -0.2) is 34.3 Å². The van der Waals surface area contributed by atoms with Gasteiger partial charge in [0.25, 0.3) is 0 Å². The standard InChI is InChI=1S/C21H23N5O2/c1-16(24-21(28)25-18-8-4-2-5-9-18)20(27)22-13-12-17-14-23-26(15-17)19-10-6-3-7-11-19/h2-11,14-16H,12-13H2,1H3,(H,22,27)(H2,24,25,28). The van der Waals surface area contributed by atoms with E-state index in [1.54, 1.807) is 29.9 Å². The maximum Gasteiger partial charge on any atom is 0.319 e. The maximum absolute atomic E-state index is 12.2. The van der Waals surface area contributed by atoms with Gasteiger partial charge < -0.3 is 16.0 Å². The molecule has 1 heterocycles. The van der Waals surface area contributed by atoms with E-state index in [0.29, 0.717) is 18.7 Å². The molecule has 3 aromatic rings. The Morgan fingerprint density at radius 3 is 2.43 bits per heavy atom. The van der Waals surface area contributed by atoms with Crippen LogP contribution >= 0.6 is 0 Å². The highest BCUT2D eigenvalue weighted by Gasteiger charge is 2.15. The molecule has 0 aliphatic carbocycles. The van der Waals surface area contributed by atoms with Crippen molar-refractivity contribution in [2.24, 2.45) is 0 Å². The molecule has 0 bridgehead atoms. The van der Waals surface area contributed by atoms with Gasteiger partial charge in [0.15, 0.2) is 0 Å². The number of amides is 3. The Morgan fingerprint density at radius 1 is 1.04 bits per heavy atom. The normalized spacial score (nSPS) is 11.5. The van der Waals surface area contributed by atoms with Crippen LogP contribution in [-0.2, 0) is 11.2 Å². The van der Waals surface area contributed by atoms with Crippen LogP contribution in [0.4, 0.5) is 10.5 Å². The molecule has 3 rings (SSSR count). The summed E-state index contributed by atoms with van der Waals surface area (Å²) in [5.74, 6) is -0.237. The van der Waals surface area contributed by atoms with Crippen LogP contribution in [0.1, 0.15) is 12.5 Å². The minimum Gasteiger partial charge on any atom is -0.354 e. The first kappa shape index (κ1) is 19.2. The molecule has 0 radical (unpaired) electrons. The van der Waals surface area contributed by atoms with Crippen LogP contribution in [0.5, 0.6) is 0 Å². The van der Waals surface area contributed by atoms with E-state index in [4.69, 9.17) is 0 Å². The smallest absolute Gasteiger partial charge is 0.319 e. The Labute approximate surface area is 163 Å². The molecule has 144 valence electrons. The zero-order valence-corrected chi connectivity index (χ0v) is 15.6. The lowest BCUT2D eigenvalue weighted by Gasteiger charge is -2.14. The van der Waals surface area contributed by atoms with E-state index in [0.717, 1.165) is 11.3 Å². The van der Waals surface area contributed by atoms with Gasteiger partial charge in [-0.15, -0.1) is 0 Å². The lowest BCUT2D eigenvalue weighted by Crippen LogP contribution is -2.46. The maximum atomic E-state index is 12.2. The van der Waals surface area contributed by atoms with Crippen molar-refractivity contribution in [2.75, 3.05) is 11.9 Å². The molecule has 1 atom stereocenters. The molecule has 1 unspecified atom stereocenters. The molecular formula is C21H23N5O2. The molecule has 3 amide bonds. The Kier molecular flexibility index (Phi) is 6.41. The molecule has 7 nitrogen and oxygen atoms in total. The molecule has 0 aliphatic heterocycles. The second kappa shape index (κ2) is 9.36. The van der Waals surface area contributed by atoms with Crippen LogP contribution in [0, 0.1) is 0 Å². The number of para-hydroxylation sites is 2. The number of aromatic nitrogens is 2. The summed E-state index contributed by atoms with van der Waals surface area (Å²) in [6, 6.07) is 17.8. The van der Waals surface area contributed by atoms with Gasteiger partial charge in [0.2, 0.25) is 5.91 Å². The summed E-state index contributed by atoms with van der Waals surface area (Å²) in [4.78, 5) is 24.1. The third-order valence-corrected chi connectivity index (χ3v) is 4.14. The number of nitrogens with one attached hydrogen (secondary N) is 3. The van der Waals surface area contributed by atoms with Crippen molar-refractivity contribution in [3.63, 3.8) is 0 Å². The first-order valence-corrected chi connectivity index (χ1v) is 9.11. The highest BCUT2D eigenvalue weighted by atomic mass is 16.2. The Morgan fingerprint density at radius 2 is 1.71 bits per heavy atom. The largest absolute Gasteiger partial charge is 0.354 e. The van der Waals surface area contributed by atoms with E-state index < -0.39 is 12.1 Å². The summed E-state index contributed by atoms with van der Waals surface area (Å²) in [6.07, 6.45) is 4.38. The number of carbonyl (C=O) groups excluding carboxylic acids is 2. The van der Waals surface area contributed by atoms with E-state index in [1.165, 1.54) is 0 Å². The van der Waals surface area contributed by atoms with Crippen LogP contribution in [0.15, 0.2) is 73.1 Å². The summed E-state index contributed by atoms with van der Waals surface area (Å²) >= 11 is 0. The first-order valence-electron chi connectivity index (χ1n) is 9.11. The Hall–Kier alpha value is -3.61. The van der Waals surface area contributed by atoms with E-state index in [2.05, 4.69) is 21.0 Å². The number of nitrogens with zero attached hydrogens (tertiary/aromatic N) is 2. The third kappa shape index (κ3) is 5.44. The average Bonchev–Trinajstić information content (AvgIpc) is 3.18. The monoisotopic (exact) mass is 377 g/mol. The minimum absolute atomic E-state index is 0.237. The first-order chi connectivity index (χ1) is 13.6. The molecule has 7 heteroatoms. The zero-order valence-electron chi connectivity index (χ0n) is 15.6. The van der Waals surface area contributed by atoms with Crippen LogP contribution < -0.4 is 16.0 Å². The predicted octanol–water partition coefficient (Wildman–Crippen LogP) is 2.74. The summed E-state index contributed by atoms with van der Waals surface area (Å²) in [7, 11) is 0. The van der Waals surface area contributed by atoms with Crippen LogP contribution in [0.25, 0.3) is 5.69 Å². The second-order valence-electron chi connectivity index (χ2n) is 6.36. The van der Waals surface area contributed by atoms with Crippen LogP contribution in [0.2, 0.25) is 0 Å². The fraction of sp³-hybridized carbons (Fsp3) is 0.190. The molecule has 2 aromatic carbocycles. The van der Waals surface area contributed by atoms with E-state index >= 15 is 0 Å². The summed E-state index contributed by atoms with van der Waals surface area (Å²) in [5.41, 5.74) is 2.68. The Bertz CT molecular complexity index is 909. The van der Waals surface area contributed by atoms with Crippen molar-refractivity contribution in [3.05, 3.63) is 78.6 Å². The fourth-order valence-electron chi connectivity index (χ4n) is 2.65. The summed E-state index contributed by atoms with van der Waals surface area (Å²) < 4.78 is 1.80. The zero-order chi connectivity index (χ0) is 19.8. The van der Waals surface area contributed by atoms with Gasteiger partial charge in [-0.25, -0.2) is 9.48 Å². The van der Waals surface area contributed by atoms with E-state index in [1.807, 2.05) is 54.7 Å². The fourth-order valence-corrected chi connectivity index (χ4v) is 2.65. The number of rotatable bonds is 7. The Balaban J connectivity index is 1.41. The minimum atomic E-state index is -0.643. The van der Waals surface area contributed by atoms with Gasteiger partial charge >= 0.3 is 6.03 Å². The molecule has 1 aromatic heterocycles. The van der Waals surface area contributed by atoms with Gasteiger partial charge in [0, 0.05) is 18.4 Å². The predicted molar refractivity (Wildman–Crippen MR) is 108 cm³/mol. The van der Waals surface area contributed by atoms with Gasteiger partial charge in [0.1, 0.15) is 6.04 Å². The van der Waals surface area contributed by atoms with Gasteiger partial charge in [-0.05, 0) is 43.2 Å². The number of benzene rings is 2. The molecule has 0 saturated carbocycles. The van der Waals surface area contributed by atoms with Crippen molar-refractivity contribution in [1.82, 2.24) is 20.4 Å². The van der Waals surface area contributed by atoms with E-state index in [9.17, 15) is 9.59 Å². The molecular weight excluding hydrogens is 354 g/mol. The van der Waals surface area contributed by atoms with Gasteiger partial charge in [-0.1, -0.05) is 36.4 Å². The molecule has 3 N–H and O–H groups in total. The summed E-state index contributed by atoms with van der Waals surface area (Å²) in [5, 5.41) is 12.5. The van der Waals surface area contributed by atoms with Gasteiger partial charge in [0.05, 0.1) is 11.9 Å². The quantitative estimate of drug-likeness (QED) is 0.592. The van der Waals surface area contributed by atoms with Crippen molar-refractivity contribution in [2.45, 2.75) is 19.4 Å². The molecule has 28 heavy (non-hydrogen) atoms. The van der Waals surface area contributed by atoms with Crippen molar-refractivity contribution < 1.29 is 9.59 Å². The molecule has 0 fully saturated rings. The molecule has 0 aliphatic rings. The number of anilines is 1. The topological polar surface area (TPSA) is 88.1 Å².